The Bertz CT molecular complexity index is 699. The van der Waals surface area contributed by atoms with Crippen LogP contribution < -0.4 is 5.32 Å². The monoisotopic (exact) mass is 271 g/mol. The number of nitrogens with one attached hydrogen (secondary N) is 1. The first kappa shape index (κ1) is 13.5. The van der Waals surface area contributed by atoms with E-state index in [1.807, 2.05) is 20.0 Å². The summed E-state index contributed by atoms with van der Waals surface area (Å²) in [6, 6.07) is 6.24. The lowest BCUT2D eigenvalue weighted by Crippen LogP contribution is -2.04. The number of hydrogen-bond donors (Lipinski definition) is 1. The Kier molecular flexibility index (Phi) is 3.66. The lowest BCUT2D eigenvalue weighted by Gasteiger charge is -2.07. The topological polar surface area (TPSA) is 96.8 Å². The highest BCUT2D eigenvalue weighted by Crippen LogP contribution is 2.26. The van der Waals surface area contributed by atoms with Gasteiger partial charge in [0.15, 0.2) is 0 Å². The third-order valence-electron chi connectivity index (χ3n) is 3.13. The van der Waals surface area contributed by atoms with Crippen LogP contribution in [0.2, 0.25) is 0 Å². The van der Waals surface area contributed by atoms with Crippen molar-refractivity contribution in [1.29, 1.82) is 5.26 Å². The van der Waals surface area contributed by atoms with Gasteiger partial charge in [-0.05, 0) is 19.1 Å². The SMILES string of the molecule is Cc1c(CNc2ccc(C#N)cc2[N+](=O)[O-])cnn1C. The number of nitro groups is 1. The van der Waals surface area contributed by atoms with Crippen LogP contribution in [-0.4, -0.2) is 14.7 Å². The molecule has 102 valence electrons. The van der Waals surface area contributed by atoms with E-state index < -0.39 is 4.92 Å². The number of nitrogens with zero attached hydrogens (tertiary/aromatic N) is 4. The summed E-state index contributed by atoms with van der Waals surface area (Å²) in [6.07, 6.45) is 1.72. The Morgan fingerprint density at radius 3 is 2.85 bits per heavy atom. The third-order valence-corrected chi connectivity index (χ3v) is 3.13. The minimum atomic E-state index is -0.501. The molecule has 0 atom stereocenters. The minimum absolute atomic E-state index is 0.106. The molecule has 0 saturated carbocycles. The first-order valence-electron chi connectivity index (χ1n) is 5.93. The summed E-state index contributed by atoms with van der Waals surface area (Å²) in [5.41, 5.74) is 2.50. The summed E-state index contributed by atoms with van der Waals surface area (Å²) in [6.45, 7) is 2.36. The Hall–Kier alpha value is -2.88. The Morgan fingerprint density at radius 1 is 1.55 bits per heavy atom. The molecule has 7 nitrogen and oxygen atoms in total. The molecule has 0 spiro atoms. The second kappa shape index (κ2) is 5.40. The van der Waals surface area contributed by atoms with Crippen molar-refractivity contribution in [1.82, 2.24) is 9.78 Å². The first-order valence-corrected chi connectivity index (χ1v) is 5.93. The van der Waals surface area contributed by atoms with Gasteiger partial charge in [-0.15, -0.1) is 0 Å². The summed E-state index contributed by atoms with van der Waals surface area (Å²) >= 11 is 0. The van der Waals surface area contributed by atoms with Crippen LogP contribution in [0, 0.1) is 28.4 Å². The molecule has 0 amide bonds. The van der Waals surface area contributed by atoms with E-state index in [2.05, 4.69) is 10.4 Å². The van der Waals surface area contributed by atoms with Crippen molar-refractivity contribution in [3.63, 3.8) is 0 Å². The fourth-order valence-corrected chi connectivity index (χ4v) is 1.81. The van der Waals surface area contributed by atoms with E-state index >= 15 is 0 Å². The van der Waals surface area contributed by atoms with Gasteiger partial charge in [-0.25, -0.2) is 0 Å². The summed E-state index contributed by atoms with van der Waals surface area (Å²) in [5.74, 6) is 0. The molecule has 1 aromatic carbocycles. The van der Waals surface area contributed by atoms with Gasteiger partial charge in [0, 0.05) is 30.9 Å². The molecule has 0 aliphatic carbocycles. The maximum Gasteiger partial charge on any atom is 0.293 e. The summed E-state index contributed by atoms with van der Waals surface area (Å²) in [7, 11) is 1.84. The van der Waals surface area contributed by atoms with Crippen LogP contribution in [0.15, 0.2) is 24.4 Å². The van der Waals surface area contributed by atoms with Crippen LogP contribution >= 0.6 is 0 Å². The molecule has 0 fully saturated rings. The molecule has 7 heteroatoms. The zero-order valence-electron chi connectivity index (χ0n) is 11.1. The maximum absolute atomic E-state index is 11.0. The van der Waals surface area contributed by atoms with Crippen LogP contribution in [0.3, 0.4) is 0 Å². The van der Waals surface area contributed by atoms with E-state index in [9.17, 15) is 10.1 Å². The van der Waals surface area contributed by atoms with E-state index in [1.165, 1.54) is 6.07 Å². The number of aromatic nitrogens is 2. The molecular formula is C13H13N5O2. The van der Waals surface area contributed by atoms with Gasteiger partial charge in [0.1, 0.15) is 5.69 Å². The summed E-state index contributed by atoms with van der Waals surface area (Å²) in [4.78, 5) is 10.5. The molecule has 0 aliphatic rings. The molecule has 1 heterocycles. The highest BCUT2D eigenvalue weighted by Gasteiger charge is 2.15. The molecular weight excluding hydrogens is 258 g/mol. The molecule has 0 saturated heterocycles. The fraction of sp³-hybridized carbons (Fsp3) is 0.231. The maximum atomic E-state index is 11.0. The molecule has 0 radical (unpaired) electrons. The van der Waals surface area contributed by atoms with E-state index in [4.69, 9.17) is 5.26 Å². The Balaban J connectivity index is 2.23. The van der Waals surface area contributed by atoms with E-state index in [0.717, 1.165) is 11.3 Å². The second-order valence-corrected chi connectivity index (χ2v) is 4.33. The van der Waals surface area contributed by atoms with Gasteiger partial charge in [-0.1, -0.05) is 0 Å². The number of anilines is 1. The van der Waals surface area contributed by atoms with Crippen LogP contribution in [0.5, 0.6) is 0 Å². The Labute approximate surface area is 115 Å². The van der Waals surface area contributed by atoms with Gasteiger partial charge < -0.3 is 5.32 Å². The molecule has 2 aromatic rings. The van der Waals surface area contributed by atoms with Gasteiger partial charge in [0.05, 0.1) is 22.8 Å². The smallest absolute Gasteiger partial charge is 0.293 e. The van der Waals surface area contributed by atoms with Crippen molar-refractivity contribution >= 4 is 11.4 Å². The number of nitro benzene ring substituents is 1. The predicted octanol–water partition coefficient (Wildman–Crippen LogP) is 2.12. The normalized spacial score (nSPS) is 10.1. The molecule has 0 unspecified atom stereocenters. The van der Waals surface area contributed by atoms with Gasteiger partial charge >= 0.3 is 0 Å². The number of rotatable bonds is 4. The minimum Gasteiger partial charge on any atom is -0.375 e. The number of benzene rings is 1. The van der Waals surface area contributed by atoms with Gasteiger partial charge in [-0.3, -0.25) is 14.8 Å². The molecule has 1 aromatic heterocycles. The van der Waals surface area contributed by atoms with Crippen molar-refractivity contribution in [2.45, 2.75) is 13.5 Å². The average molecular weight is 271 g/mol. The lowest BCUT2D eigenvalue weighted by molar-refractivity contribution is -0.384. The largest absolute Gasteiger partial charge is 0.375 e. The Morgan fingerprint density at radius 2 is 2.30 bits per heavy atom. The molecule has 1 N–H and O–H groups in total. The molecule has 0 bridgehead atoms. The molecule has 0 aliphatic heterocycles. The molecule has 20 heavy (non-hydrogen) atoms. The second-order valence-electron chi connectivity index (χ2n) is 4.33. The van der Waals surface area contributed by atoms with E-state index in [0.29, 0.717) is 12.2 Å². The predicted molar refractivity (Wildman–Crippen MR) is 73.1 cm³/mol. The fourth-order valence-electron chi connectivity index (χ4n) is 1.81. The van der Waals surface area contributed by atoms with E-state index in [1.54, 1.807) is 23.0 Å². The average Bonchev–Trinajstić information content (AvgIpc) is 2.76. The third kappa shape index (κ3) is 2.59. The molecule has 2 rings (SSSR count). The highest BCUT2D eigenvalue weighted by molar-refractivity contribution is 5.64. The van der Waals surface area contributed by atoms with Crippen molar-refractivity contribution in [2.24, 2.45) is 7.05 Å². The van der Waals surface area contributed by atoms with Crippen LogP contribution in [0.4, 0.5) is 11.4 Å². The summed E-state index contributed by atoms with van der Waals surface area (Å²) in [5, 5.41) is 26.9. The van der Waals surface area contributed by atoms with Gasteiger partial charge in [0.2, 0.25) is 0 Å². The summed E-state index contributed by atoms with van der Waals surface area (Å²) < 4.78 is 1.74. The zero-order valence-corrected chi connectivity index (χ0v) is 11.1. The van der Waals surface area contributed by atoms with Gasteiger partial charge in [0.25, 0.3) is 5.69 Å². The van der Waals surface area contributed by atoms with Gasteiger partial charge in [-0.2, -0.15) is 10.4 Å². The number of hydrogen-bond acceptors (Lipinski definition) is 5. The first-order chi connectivity index (χ1) is 9.52. The zero-order chi connectivity index (χ0) is 14.7. The quantitative estimate of drug-likeness (QED) is 0.678. The highest BCUT2D eigenvalue weighted by atomic mass is 16.6. The number of nitriles is 1. The van der Waals surface area contributed by atoms with Crippen molar-refractivity contribution in [2.75, 3.05) is 5.32 Å². The lowest BCUT2D eigenvalue weighted by atomic mass is 10.2. The number of aryl methyl sites for hydroxylation is 1. The van der Waals surface area contributed by atoms with Crippen molar-refractivity contribution in [3.8, 4) is 6.07 Å². The standard InChI is InChI=1S/C13H13N5O2/c1-9-11(8-16-17(9)2)7-15-12-4-3-10(6-14)5-13(12)18(19)20/h3-5,8,15H,7H2,1-2H3. The van der Waals surface area contributed by atoms with Crippen LogP contribution in [0.1, 0.15) is 16.8 Å². The van der Waals surface area contributed by atoms with Crippen LogP contribution in [0.25, 0.3) is 0 Å². The van der Waals surface area contributed by atoms with Crippen molar-refractivity contribution < 1.29 is 4.92 Å². The van der Waals surface area contributed by atoms with E-state index in [-0.39, 0.29) is 11.3 Å². The van der Waals surface area contributed by atoms with Crippen LogP contribution in [-0.2, 0) is 13.6 Å². The van der Waals surface area contributed by atoms with Crippen molar-refractivity contribution in [3.05, 3.63) is 51.3 Å².